The third-order valence-electron chi connectivity index (χ3n) is 3.11. The Bertz CT molecular complexity index is 618. The minimum atomic E-state index is -0.500. The van der Waals surface area contributed by atoms with Crippen LogP contribution in [0.4, 0.5) is 10.9 Å². The van der Waals surface area contributed by atoms with Gasteiger partial charge in [0.15, 0.2) is 16.6 Å². The minimum absolute atomic E-state index is 0.179. The van der Waals surface area contributed by atoms with Crippen molar-refractivity contribution in [3.63, 3.8) is 0 Å². The van der Waals surface area contributed by atoms with Gasteiger partial charge in [0.2, 0.25) is 0 Å². The number of aromatic nitrogens is 3. The van der Waals surface area contributed by atoms with E-state index in [0.717, 1.165) is 18.0 Å². The number of methoxy groups -OCH3 is 1. The summed E-state index contributed by atoms with van der Waals surface area (Å²) in [6.45, 7) is 0. The lowest BCUT2D eigenvalue weighted by molar-refractivity contribution is 0.0593. The minimum Gasteiger partial charge on any atom is -0.464 e. The first kappa shape index (κ1) is 13.0. The molecule has 2 heterocycles. The molecule has 7 heteroatoms. The molecule has 2 aromatic heterocycles. The summed E-state index contributed by atoms with van der Waals surface area (Å²) in [5, 5.41) is 3.91. The Hall–Kier alpha value is -2.02. The third-order valence-corrected chi connectivity index (χ3v) is 4.18. The Morgan fingerprint density at radius 1 is 1.30 bits per heavy atom. The van der Waals surface area contributed by atoms with Gasteiger partial charge in [-0.25, -0.2) is 14.8 Å². The van der Waals surface area contributed by atoms with Gasteiger partial charge in [0, 0.05) is 4.88 Å². The highest BCUT2D eigenvalue weighted by molar-refractivity contribution is 7.15. The second-order valence-electron chi connectivity index (χ2n) is 4.50. The molecule has 0 spiro atoms. The van der Waals surface area contributed by atoms with Crippen molar-refractivity contribution in [1.82, 2.24) is 15.0 Å². The van der Waals surface area contributed by atoms with Crippen LogP contribution in [0.3, 0.4) is 0 Å². The molecule has 3 rings (SSSR count). The first-order chi connectivity index (χ1) is 9.76. The topological polar surface area (TPSA) is 77.0 Å². The van der Waals surface area contributed by atoms with E-state index in [4.69, 9.17) is 0 Å². The van der Waals surface area contributed by atoms with E-state index in [2.05, 4.69) is 25.0 Å². The van der Waals surface area contributed by atoms with Crippen molar-refractivity contribution in [2.45, 2.75) is 25.7 Å². The molecule has 0 atom stereocenters. The van der Waals surface area contributed by atoms with E-state index in [1.165, 1.54) is 36.7 Å². The molecule has 104 valence electrons. The van der Waals surface area contributed by atoms with Crippen LogP contribution in [0.5, 0.6) is 0 Å². The summed E-state index contributed by atoms with van der Waals surface area (Å²) in [7, 11) is 1.32. The third kappa shape index (κ3) is 2.62. The summed E-state index contributed by atoms with van der Waals surface area (Å²) in [6.07, 6.45) is 7.51. The van der Waals surface area contributed by atoms with Gasteiger partial charge in [-0.3, -0.25) is 4.98 Å². The molecule has 20 heavy (non-hydrogen) atoms. The standard InChI is InChI=1S/C13H14N4O2S/c1-19-12(18)9-6-14-7-11(15-9)17-13-16-8-4-2-3-5-10(8)20-13/h6-7H,2-5H2,1H3,(H,15,16,17). The lowest BCUT2D eigenvalue weighted by Crippen LogP contribution is -2.06. The van der Waals surface area contributed by atoms with Crippen LogP contribution < -0.4 is 5.32 Å². The van der Waals surface area contributed by atoms with Gasteiger partial charge in [-0.1, -0.05) is 0 Å². The zero-order valence-corrected chi connectivity index (χ0v) is 11.9. The van der Waals surface area contributed by atoms with Gasteiger partial charge in [0.05, 0.1) is 25.2 Å². The van der Waals surface area contributed by atoms with Gasteiger partial charge in [-0.2, -0.15) is 0 Å². The molecule has 2 aromatic rings. The number of hydrogen-bond acceptors (Lipinski definition) is 7. The van der Waals surface area contributed by atoms with E-state index in [1.54, 1.807) is 17.5 Å². The lowest BCUT2D eigenvalue weighted by Gasteiger charge is -2.06. The summed E-state index contributed by atoms with van der Waals surface area (Å²) >= 11 is 1.64. The highest BCUT2D eigenvalue weighted by atomic mass is 32.1. The monoisotopic (exact) mass is 290 g/mol. The molecule has 0 aliphatic heterocycles. The molecule has 0 aromatic carbocycles. The van der Waals surface area contributed by atoms with Crippen LogP contribution in [0.25, 0.3) is 0 Å². The summed E-state index contributed by atoms with van der Waals surface area (Å²) in [5.41, 5.74) is 1.36. The predicted octanol–water partition coefficient (Wildman–Crippen LogP) is 2.34. The molecular weight excluding hydrogens is 276 g/mol. The Kier molecular flexibility index (Phi) is 3.60. The number of hydrogen-bond donors (Lipinski definition) is 1. The number of rotatable bonds is 3. The van der Waals surface area contributed by atoms with Gasteiger partial charge in [0.25, 0.3) is 0 Å². The number of thiazole rings is 1. The molecule has 1 N–H and O–H groups in total. The number of nitrogens with zero attached hydrogens (tertiary/aromatic N) is 3. The number of anilines is 2. The molecule has 0 amide bonds. The molecule has 1 aliphatic carbocycles. The summed E-state index contributed by atoms with van der Waals surface area (Å²) in [5.74, 6) is -0.00131. The normalized spacial score (nSPS) is 13.7. The molecule has 0 bridgehead atoms. The van der Waals surface area contributed by atoms with E-state index >= 15 is 0 Å². The van der Waals surface area contributed by atoms with Crippen molar-refractivity contribution in [1.29, 1.82) is 0 Å². The van der Waals surface area contributed by atoms with Gasteiger partial charge >= 0.3 is 5.97 Å². The Balaban J connectivity index is 1.80. The predicted molar refractivity (Wildman–Crippen MR) is 75.4 cm³/mol. The highest BCUT2D eigenvalue weighted by Crippen LogP contribution is 2.30. The molecule has 6 nitrogen and oxygen atoms in total. The van der Waals surface area contributed by atoms with E-state index in [-0.39, 0.29) is 5.69 Å². The molecule has 0 saturated heterocycles. The number of fused-ring (bicyclic) bond motifs is 1. The van der Waals surface area contributed by atoms with Crippen LogP contribution >= 0.6 is 11.3 Å². The van der Waals surface area contributed by atoms with Crippen LogP contribution in [0.15, 0.2) is 12.4 Å². The molecule has 0 radical (unpaired) electrons. The molecule has 0 saturated carbocycles. The van der Waals surface area contributed by atoms with E-state index < -0.39 is 5.97 Å². The smallest absolute Gasteiger partial charge is 0.358 e. The first-order valence-corrected chi connectivity index (χ1v) is 7.24. The molecule has 0 fully saturated rings. The van der Waals surface area contributed by atoms with Crippen molar-refractivity contribution < 1.29 is 9.53 Å². The average Bonchev–Trinajstić information content (AvgIpc) is 2.88. The van der Waals surface area contributed by atoms with E-state index in [1.807, 2.05) is 0 Å². The van der Waals surface area contributed by atoms with Crippen molar-refractivity contribution in [3.05, 3.63) is 28.7 Å². The van der Waals surface area contributed by atoms with E-state index in [9.17, 15) is 4.79 Å². The quantitative estimate of drug-likeness (QED) is 0.874. The maximum atomic E-state index is 11.4. The summed E-state index contributed by atoms with van der Waals surface area (Å²) in [6, 6.07) is 0. The molecule has 1 aliphatic rings. The first-order valence-electron chi connectivity index (χ1n) is 6.42. The SMILES string of the molecule is COC(=O)c1cncc(Nc2nc3c(s2)CCCC3)n1. The number of nitrogens with one attached hydrogen (secondary N) is 1. The van der Waals surface area contributed by atoms with Gasteiger partial charge in [-0.15, -0.1) is 11.3 Å². The fourth-order valence-corrected chi connectivity index (χ4v) is 3.20. The molecular formula is C13H14N4O2S. The van der Waals surface area contributed by atoms with Crippen LogP contribution in [0, 0.1) is 0 Å². The van der Waals surface area contributed by atoms with Crippen molar-refractivity contribution in [2.75, 3.05) is 12.4 Å². The second-order valence-corrected chi connectivity index (χ2v) is 5.59. The lowest BCUT2D eigenvalue weighted by atomic mass is 10.0. The fraction of sp³-hybridized carbons (Fsp3) is 0.385. The maximum Gasteiger partial charge on any atom is 0.358 e. The Morgan fingerprint density at radius 2 is 2.15 bits per heavy atom. The zero-order valence-electron chi connectivity index (χ0n) is 11.0. The number of esters is 1. The van der Waals surface area contributed by atoms with Crippen LogP contribution in [-0.4, -0.2) is 28.0 Å². The number of ether oxygens (including phenoxy) is 1. The van der Waals surface area contributed by atoms with E-state index in [0.29, 0.717) is 5.82 Å². The highest BCUT2D eigenvalue weighted by Gasteiger charge is 2.16. The summed E-state index contributed by atoms with van der Waals surface area (Å²) < 4.78 is 4.63. The Labute approximate surface area is 120 Å². The van der Waals surface area contributed by atoms with Crippen molar-refractivity contribution >= 4 is 28.3 Å². The van der Waals surface area contributed by atoms with Crippen molar-refractivity contribution in [2.24, 2.45) is 0 Å². The number of aryl methyl sites for hydroxylation is 2. The van der Waals surface area contributed by atoms with Crippen LogP contribution in [0.1, 0.15) is 33.9 Å². The van der Waals surface area contributed by atoms with Crippen molar-refractivity contribution in [3.8, 4) is 0 Å². The zero-order chi connectivity index (χ0) is 13.9. The van der Waals surface area contributed by atoms with Crippen LogP contribution in [-0.2, 0) is 17.6 Å². The number of carbonyl (C=O) groups excluding carboxylic acids is 1. The fourth-order valence-electron chi connectivity index (χ4n) is 2.14. The number of carbonyl (C=O) groups is 1. The molecule has 0 unspecified atom stereocenters. The Morgan fingerprint density at radius 3 is 2.95 bits per heavy atom. The second kappa shape index (κ2) is 5.54. The summed E-state index contributed by atoms with van der Waals surface area (Å²) in [4.78, 5) is 25.5. The van der Waals surface area contributed by atoms with Gasteiger partial charge < -0.3 is 10.1 Å². The van der Waals surface area contributed by atoms with Crippen LogP contribution in [0.2, 0.25) is 0 Å². The maximum absolute atomic E-state index is 11.4. The largest absolute Gasteiger partial charge is 0.464 e. The van der Waals surface area contributed by atoms with Gasteiger partial charge in [0.1, 0.15) is 0 Å². The average molecular weight is 290 g/mol. The van der Waals surface area contributed by atoms with Gasteiger partial charge in [-0.05, 0) is 25.7 Å².